The van der Waals surface area contributed by atoms with Gasteiger partial charge >= 0.3 is 10.1 Å². The molecule has 0 spiro atoms. The van der Waals surface area contributed by atoms with Crippen LogP contribution < -0.4 is 4.18 Å². The lowest BCUT2D eigenvalue weighted by Crippen LogP contribution is -2.33. The van der Waals surface area contributed by atoms with Crippen LogP contribution in [0.25, 0.3) is 0 Å². The van der Waals surface area contributed by atoms with Crippen LogP contribution in [-0.4, -0.2) is 45.7 Å². The first-order valence-electron chi connectivity index (χ1n) is 7.80. The number of rotatable bonds is 8. The molecule has 0 atom stereocenters. The van der Waals surface area contributed by atoms with Crippen LogP contribution in [0.1, 0.15) is 15.9 Å². The Morgan fingerprint density at radius 1 is 1.15 bits per heavy atom. The molecule has 140 valence electrons. The van der Waals surface area contributed by atoms with Crippen LogP contribution in [0.5, 0.6) is 5.75 Å². The number of methoxy groups -OCH3 is 1. The molecule has 6 nitrogen and oxygen atoms in total. The van der Waals surface area contributed by atoms with Gasteiger partial charge in [0, 0.05) is 25.8 Å². The minimum absolute atomic E-state index is 0.172. The predicted octanol–water partition coefficient (Wildman–Crippen LogP) is 2.45. The Morgan fingerprint density at radius 3 is 2.46 bits per heavy atom. The molecule has 2 aromatic rings. The van der Waals surface area contributed by atoms with E-state index in [0.29, 0.717) is 24.3 Å². The van der Waals surface area contributed by atoms with Crippen molar-refractivity contribution < 1.29 is 26.5 Å². The van der Waals surface area contributed by atoms with E-state index in [9.17, 15) is 17.6 Å². The molecule has 0 fully saturated rings. The number of hydrogen-bond acceptors (Lipinski definition) is 5. The summed E-state index contributed by atoms with van der Waals surface area (Å²) < 4.78 is 45.5. The average Bonchev–Trinajstić information content (AvgIpc) is 2.57. The molecule has 1 amide bonds. The smallest absolute Gasteiger partial charge is 0.306 e. The summed E-state index contributed by atoms with van der Waals surface area (Å²) >= 11 is 0. The maximum Gasteiger partial charge on any atom is 0.306 e. The summed E-state index contributed by atoms with van der Waals surface area (Å²) in [5, 5.41) is 0. The van der Waals surface area contributed by atoms with Crippen molar-refractivity contribution >= 4 is 16.0 Å². The van der Waals surface area contributed by atoms with E-state index in [-0.39, 0.29) is 18.2 Å². The first-order chi connectivity index (χ1) is 12.3. The topological polar surface area (TPSA) is 72.9 Å². The third-order valence-electron chi connectivity index (χ3n) is 3.46. The molecule has 0 heterocycles. The monoisotopic (exact) mass is 381 g/mol. The lowest BCUT2D eigenvalue weighted by molar-refractivity contribution is 0.0680. The van der Waals surface area contributed by atoms with E-state index in [1.165, 1.54) is 42.3 Å². The van der Waals surface area contributed by atoms with E-state index in [4.69, 9.17) is 8.92 Å². The molecule has 0 aliphatic rings. The van der Waals surface area contributed by atoms with Gasteiger partial charge in [0.1, 0.15) is 11.6 Å². The van der Waals surface area contributed by atoms with Crippen LogP contribution in [-0.2, 0) is 21.4 Å². The zero-order valence-corrected chi connectivity index (χ0v) is 15.3. The van der Waals surface area contributed by atoms with Crippen LogP contribution in [0.15, 0.2) is 48.5 Å². The fourth-order valence-electron chi connectivity index (χ4n) is 2.32. The molecule has 0 aliphatic heterocycles. The summed E-state index contributed by atoms with van der Waals surface area (Å²) in [4.78, 5) is 14.2. The van der Waals surface area contributed by atoms with Crippen LogP contribution in [0, 0.1) is 5.82 Å². The van der Waals surface area contributed by atoms with E-state index in [1.807, 2.05) is 0 Å². The Balaban J connectivity index is 2.20. The molecule has 0 radical (unpaired) electrons. The molecule has 0 N–H and O–H groups in total. The first-order valence-corrected chi connectivity index (χ1v) is 9.62. The molecule has 0 aromatic heterocycles. The molecule has 0 bridgehead atoms. The minimum Gasteiger partial charge on any atom is -0.383 e. The third kappa shape index (κ3) is 6.12. The van der Waals surface area contributed by atoms with Crippen molar-refractivity contribution in [2.24, 2.45) is 0 Å². The summed E-state index contributed by atoms with van der Waals surface area (Å²) in [7, 11) is -2.11. The van der Waals surface area contributed by atoms with Crippen LogP contribution in [0.3, 0.4) is 0 Å². The van der Waals surface area contributed by atoms with Gasteiger partial charge in [0.25, 0.3) is 5.91 Å². The second-order valence-electron chi connectivity index (χ2n) is 5.66. The average molecular weight is 381 g/mol. The SMILES string of the molecule is COCCN(Cc1cccc(OS(C)(=O)=O)c1)C(=O)c1ccc(F)cc1. The zero-order valence-electron chi connectivity index (χ0n) is 14.5. The number of carbonyl (C=O) groups excluding carboxylic acids is 1. The first kappa shape index (κ1) is 19.9. The molecular weight excluding hydrogens is 361 g/mol. The summed E-state index contributed by atoms with van der Waals surface area (Å²) in [6.45, 7) is 0.872. The molecule has 8 heteroatoms. The van der Waals surface area contributed by atoms with Gasteiger partial charge in [-0.3, -0.25) is 4.79 Å². The van der Waals surface area contributed by atoms with Gasteiger partial charge in [-0.05, 0) is 42.0 Å². The highest BCUT2D eigenvalue weighted by Gasteiger charge is 2.17. The van der Waals surface area contributed by atoms with E-state index in [2.05, 4.69) is 0 Å². The van der Waals surface area contributed by atoms with Crippen molar-refractivity contribution in [2.45, 2.75) is 6.54 Å². The highest BCUT2D eigenvalue weighted by Crippen LogP contribution is 2.18. The molecule has 0 aliphatic carbocycles. The number of hydrogen-bond donors (Lipinski definition) is 0. The van der Waals surface area contributed by atoms with E-state index < -0.39 is 15.9 Å². The summed E-state index contributed by atoms with van der Waals surface area (Å²) in [6, 6.07) is 11.8. The molecular formula is C18H20FNO5S. The van der Waals surface area contributed by atoms with Crippen molar-refractivity contribution in [1.29, 1.82) is 0 Å². The van der Waals surface area contributed by atoms with Gasteiger partial charge in [0.2, 0.25) is 0 Å². The number of nitrogens with zero attached hydrogens (tertiary/aromatic N) is 1. The fourth-order valence-corrected chi connectivity index (χ4v) is 2.77. The number of halogens is 1. The van der Waals surface area contributed by atoms with Gasteiger partial charge in [-0.25, -0.2) is 4.39 Å². The van der Waals surface area contributed by atoms with Gasteiger partial charge < -0.3 is 13.8 Å². The summed E-state index contributed by atoms with van der Waals surface area (Å²) in [6.07, 6.45) is 0.961. The van der Waals surface area contributed by atoms with Crippen molar-refractivity contribution in [3.63, 3.8) is 0 Å². The van der Waals surface area contributed by atoms with E-state index >= 15 is 0 Å². The second kappa shape index (κ2) is 8.77. The third-order valence-corrected chi connectivity index (χ3v) is 3.96. The van der Waals surface area contributed by atoms with Crippen molar-refractivity contribution in [3.05, 3.63) is 65.5 Å². The molecule has 26 heavy (non-hydrogen) atoms. The van der Waals surface area contributed by atoms with Gasteiger partial charge in [-0.2, -0.15) is 8.42 Å². The molecule has 2 aromatic carbocycles. The molecule has 2 rings (SSSR count). The lowest BCUT2D eigenvalue weighted by Gasteiger charge is -2.23. The Bertz CT molecular complexity index is 852. The van der Waals surface area contributed by atoms with Crippen molar-refractivity contribution in [2.75, 3.05) is 26.5 Å². The second-order valence-corrected chi connectivity index (χ2v) is 7.24. The maximum atomic E-state index is 13.1. The predicted molar refractivity (Wildman–Crippen MR) is 94.9 cm³/mol. The summed E-state index contributed by atoms with van der Waals surface area (Å²) in [5.74, 6) is -0.530. The highest BCUT2D eigenvalue weighted by atomic mass is 32.2. The fraction of sp³-hybridized carbons (Fsp3) is 0.278. The lowest BCUT2D eigenvalue weighted by atomic mass is 10.1. The number of amides is 1. The Morgan fingerprint density at radius 2 is 1.85 bits per heavy atom. The zero-order chi connectivity index (χ0) is 19.2. The van der Waals surface area contributed by atoms with Gasteiger partial charge in [-0.15, -0.1) is 0 Å². The van der Waals surface area contributed by atoms with Crippen molar-refractivity contribution in [1.82, 2.24) is 4.90 Å². The number of benzene rings is 2. The van der Waals surface area contributed by atoms with Gasteiger partial charge in [0.15, 0.2) is 0 Å². The molecule has 0 saturated heterocycles. The highest BCUT2D eigenvalue weighted by molar-refractivity contribution is 7.86. The quantitative estimate of drug-likeness (QED) is 0.657. The van der Waals surface area contributed by atoms with Gasteiger partial charge in [-0.1, -0.05) is 12.1 Å². The number of carbonyl (C=O) groups is 1. The Hall–Kier alpha value is -2.45. The minimum atomic E-state index is -3.64. The summed E-state index contributed by atoms with van der Waals surface area (Å²) in [5.41, 5.74) is 1.05. The standard InChI is InChI=1S/C18H20FNO5S/c1-24-11-10-20(18(21)15-6-8-16(19)9-7-15)13-14-4-3-5-17(12-14)25-26(2,22)23/h3-9,12H,10-11,13H2,1-2H3. The largest absolute Gasteiger partial charge is 0.383 e. The van der Waals surface area contributed by atoms with Crippen LogP contribution in [0.2, 0.25) is 0 Å². The van der Waals surface area contributed by atoms with Crippen LogP contribution in [0.4, 0.5) is 4.39 Å². The van der Waals surface area contributed by atoms with Gasteiger partial charge in [0.05, 0.1) is 12.9 Å². The van der Waals surface area contributed by atoms with E-state index in [1.54, 1.807) is 18.2 Å². The van der Waals surface area contributed by atoms with Crippen LogP contribution >= 0.6 is 0 Å². The molecule has 0 saturated carbocycles. The Labute approximate surface area is 152 Å². The van der Waals surface area contributed by atoms with Crippen molar-refractivity contribution in [3.8, 4) is 5.75 Å². The Kier molecular flexibility index (Phi) is 6.70. The maximum absolute atomic E-state index is 13.1. The molecule has 0 unspecified atom stereocenters. The number of ether oxygens (including phenoxy) is 1. The van der Waals surface area contributed by atoms with E-state index in [0.717, 1.165) is 6.26 Å². The normalized spacial score (nSPS) is 11.2.